The summed E-state index contributed by atoms with van der Waals surface area (Å²) in [5.41, 5.74) is 3.53. The Bertz CT molecular complexity index is 860. The van der Waals surface area contributed by atoms with Gasteiger partial charge < -0.3 is 19.1 Å². The summed E-state index contributed by atoms with van der Waals surface area (Å²) in [6.45, 7) is 7.47. The Labute approximate surface area is 179 Å². The molecule has 0 bridgehead atoms. The van der Waals surface area contributed by atoms with Crippen molar-refractivity contribution < 1.29 is 19.0 Å². The lowest BCUT2D eigenvalue weighted by molar-refractivity contribution is -0.135. The number of methoxy groups -OCH3 is 2. The maximum Gasteiger partial charge on any atom is 0.223 e. The van der Waals surface area contributed by atoms with E-state index in [-0.39, 0.29) is 11.9 Å². The van der Waals surface area contributed by atoms with Gasteiger partial charge in [-0.25, -0.2) is 0 Å². The predicted octanol–water partition coefficient (Wildman–Crippen LogP) is 5.13. The molecule has 0 saturated carbocycles. The summed E-state index contributed by atoms with van der Waals surface area (Å²) < 4.78 is 17.2. The maximum atomic E-state index is 12.8. The van der Waals surface area contributed by atoms with E-state index in [1.807, 2.05) is 36.1 Å². The lowest BCUT2D eigenvalue weighted by atomic mass is 9.91. The second kappa shape index (κ2) is 9.88. The van der Waals surface area contributed by atoms with Crippen molar-refractivity contribution in [3.05, 3.63) is 53.1 Å². The molecule has 0 aromatic heterocycles. The number of carbonyl (C=O) groups is 1. The van der Waals surface area contributed by atoms with Crippen molar-refractivity contribution in [1.82, 2.24) is 4.90 Å². The van der Waals surface area contributed by atoms with Gasteiger partial charge >= 0.3 is 0 Å². The van der Waals surface area contributed by atoms with Crippen molar-refractivity contribution in [3.63, 3.8) is 0 Å². The van der Waals surface area contributed by atoms with Crippen LogP contribution in [0.3, 0.4) is 0 Å². The van der Waals surface area contributed by atoms with Gasteiger partial charge in [-0.15, -0.1) is 0 Å². The van der Waals surface area contributed by atoms with Gasteiger partial charge in [0, 0.05) is 13.0 Å². The summed E-state index contributed by atoms with van der Waals surface area (Å²) in [5.74, 6) is 2.85. The highest BCUT2D eigenvalue weighted by Gasteiger charge is 2.32. The van der Waals surface area contributed by atoms with Crippen molar-refractivity contribution in [2.75, 3.05) is 27.4 Å². The summed E-state index contributed by atoms with van der Waals surface area (Å²) in [5, 5.41) is 0. The van der Waals surface area contributed by atoms with Crippen LogP contribution < -0.4 is 14.2 Å². The summed E-state index contributed by atoms with van der Waals surface area (Å²) in [4.78, 5) is 14.8. The van der Waals surface area contributed by atoms with E-state index < -0.39 is 0 Å². The number of hydrogen-bond acceptors (Lipinski definition) is 4. The zero-order valence-electron chi connectivity index (χ0n) is 18.7. The molecule has 1 amide bonds. The SMILES string of the molecule is CCCC(=O)N1CCc2cc(OC)c(OC)cc2[C@H]1COc1ccc(C(C)C)cc1. The number of amides is 1. The van der Waals surface area contributed by atoms with E-state index in [2.05, 4.69) is 26.0 Å². The minimum Gasteiger partial charge on any atom is -0.493 e. The first-order valence-electron chi connectivity index (χ1n) is 10.8. The zero-order chi connectivity index (χ0) is 21.7. The second-order valence-electron chi connectivity index (χ2n) is 8.04. The third kappa shape index (κ3) is 4.72. The Balaban J connectivity index is 1.89. The van der Waals surface area contributed by atoms with Gasteiger partial charge in [0.05, 0.1) is 20.3 Å². The summed E-state index contributed by atoms with van der Waals surface area (Å²) in [6.07, 6.45) is 2.17. The maximum absolute atomic E-state index is 12.8. The summed E-state index contributed by atoms with van der Waals surface area (Å²) in [7, 11) is 3.28. The quantitative estimate of drug-likeness (QED) is 0.604. The fourth-order valence-electron chi connectivity index (χ4n) is 3.99. The van der Waals surface area contributed by atoms with E-state index in [0.717, 1.165) is 24.2 Å². The normalized spacial score (nSPS) is 15.7. The van der Waals surface area contributed by atoms with E-state index >= 15 is 0 Å². The zero-order valence-corrected chi connectivity index (χ0v) is 18.7. The Morgan fingerprint density at radius 3 is 2.37 bits per heavy atom. The van der Waals surface area contributed by atoms with Gasteiger partial charge in [0.15, 0.2) is 11.5 Å². The van der Waals surface area contributed by atoms with Gasteiger partial charge in [0.25, 0.3) is 0 Å². The molecule has 5 nitrogen and oxygen atoms in total. The summed E-state index contributed by atoms with van der Waals surface area (Å²) in [6, 6.07) is 12.1. The molecule has 1 atom stereocenters. The standard InChI is InChI=1S/C25H33NO4/c1-6-7-25(27)26-13-12-19-14-23(28-4)24(29-5)15-21(19)22(26)16-30-20-10-8-18(9-11-20)17(2)3/h8-11,14-15,17,22H,6-7,12-13,16H2,1-5H3/t22-/m1/s1. The highest BCUT2D eigenvalue weighted by atomic mass is 16.5. The van der Waals surface area contributed by atoms with Crippen LogP contribution in [-0.2, 0) is 11.2 Å². The number of fused-ring (bicyclic) bond motifs is 1. The molecule has 1 heterocycles. The molecule has 3 rings (SSSR count). The highest BCUT2D eigenvalue weighted by molar-refractivity contribution is 5.77. The van der Waals surface area contributed by atoms with Crippen LogP contribution in [0.25, 0.3) is 0 Å². The molecule has 2 aromatic carbocycles. The van der Waals surface area contributed by atoms with E-state index in [1.165, 1.54) is 11.1 Å². The molecule has 0 aliphatic carbocycles. The largest absolute Gasteiger partial charge is 0.493 e. The van der Waals surface area contributed by atoms with Crippen molar-refractivity contribution in [1.29, 1.82) is 0 Å². The third-order valence-corrected chi connectivity index (χ3v) is 5.74. The van der Waals surface area contributed by atoms with Crippen molar-refractivity contribution in [2.45, 2.75) is 52.0 Å². The molecule has 0 saturated heterocycles. The minimum absolute atomic E-state index is 0.155. The number of ether oxygens (including phenoxy) is 3. The topological polar surface area (TPSA) is 48.0 Å². The molecule has 2 aromatic rings. The number of carbonyl (C=O) groups excluding carboxylic acids is 1. The van der Waals surface area contributed by atoms with Crippen LogP contribution in [0.1, 0.15) is 62.3 Å². The molecule has 0 fully saturated rings. The fraction of sp³-hybridized carbons (Fsp3) is 0.480. The Morgan fingerprint density at radius 1 is 1.10 bits per heavy atom. The highest BCUT2D eigenvalue weighted by Crippen LogP contribution is 2.38. The van der Waals surface area contributed by atoms with Crippen LogP contribution in [0.5, 0.6) is 17.2 Å². The molecule has 0 N–H and O–H groups in total. The van der Waals surface area contributed by atoms with Gasteiger partial charge in [-0.05, 0) is 59.7 Å². The van der Waals surface area contributed by atoms with Crippen LogP contribution in [0.15, 0.2) is 36.4 Å². The first-order valence-corrected chi connectivity index (χ1v) is 10.8. The van der Waals surface area contributed by atoms with Gasteiger partial charge in [0.2, 0.25) is 5.91 Å². The number of rotatable bonds is 8. The molecular weight excluding hydrogens is 378 g/mol. The second-order valence-corrected chi connectivity index (χ2v) is 8.04. The molecule has 0 radical (unpaired) electrons. The van der Waals surface area contributed by atoms with E-state index in [1.54, 1.807) is 14.2 Å². The Hall–Kier alpha value is -2.69. The molecule has 30 heavy (non-hydrogen) atoms. The van der Waals surface area contributed by atoms with E-state index in [4.69, 9.17) is 14.2 Å². The average molecular weight is 412 g/mol. The van der Waals surface area contributed by atoms with Crippen molar-refractivity contribution in [3.8, 4) is 17.2 Å². The van der Waals surface area contributed by atoms with Crippen LogP contribution in [0.4, 0.5) is 0 Å². The minimum atomic E-state index is -0.155. The number of nitrogens with zero attached hydrogens (tertiary/aromatic N) is 1. The van der Waals surface area contributed by atoms with Gasteiger partial charge in [-0.1, -0.05) is 32.9 Å². The van der Waals surface area contributed by atoms with Crippen molar-refractivity contribution >= 4 is 5.91 Å². The molecule has 0 spiro atoms. The first kappa shape index (κ1) is 22.0. The van der Waals surface area contributed by atoms with Crippen LogP contribution in [0, 0.1) is 0 Å². The molecule has 0 unspecified atom stereocenters. The smallest absolute Gasteiger partial charge is 0.223 e. The number of benzene rings is 2. The Kier molecular flexibility index (Phi) is 7.24. The van der Waals surface area contributed by atoms with E-state index in [9.17, 15) is 4.79 Å². The third-order valence-electron chi connectivity index (χ3n) is 5.74. The summed E-state index contributed by atoms with van der Waals surface area (Å²) >= 11 is 0. The van der Waals surface area contributed by atoms with Gasteiger partial charge in [0.1, 0.15) is 12.4 Å². The first-order chi connectivity index (χ1) is 14.5. The molecule has 5 heteroatoms. The van der Waals surface area contributed by atoms with Gasteiger partial charge in [-0.2, -0.15) is 0 Å². The lowest BCUT2D eigenvalue weighted by Gasteiger charge is -2.37. The van der Waals surface area contributed by atoms with E-state index in [0.29, 0.717) is 37.0 Å². The molecule has 162 valence electrons. The van der Waals surface area contributed by atoms with Crippen LogP contribution in [-0.4, -0.2) is 38.2 Å². The molecule has 1 aliphatic heterocycles. The lowest BCUT2D eigenvalue weighted by Crippen LogP contribution is -2.42. The van der Waals surface area contributed by atoms with Crippen molar-refractivity contribution in [2.24, 2.45) is 0 Å². The average Bonchev–Trinajstić information content (AvgIpc) is 2.76. The van der Waals surface area contributed by atoms with Crippen LogP contribution in [0.2, 0.25) is 0 Å². The molecular formula is C25H33NO4. The Morgan fingerprint density at radius 2 is 1.77 bits per heavy atom. The predicted molar refractivity (Wildman–Crippen MR) is 119 cm³/mol. The fourth-order valence-corrected chi connectivity index (χ4v) is 3.99. The number of hydrogen-bond donors (Lipinski definition) is 0. The monoisotopic (exact) mass is 411 g/mol. The molecule has 1 aliphatic rings. The van der Waals surface area contributed by atoms with Gasteiger partial charge in [-0.3, -0.25) is 4.79 Å². The van der Waals surface area contributed by atoms with Crippen LogP contribution >= 0.6 is 0 Å².